The molecule has 0 atom stereocenters. The molecule has 0 radical (unpaired) electrons. The predicted molar refractivity (Wildman–Crippen MR) is 227 cm³/mol. The second kappa shape index (κ2) is 19.9. The molecule has 0 unspecified atom stereocenters. The van der Waals surface area contributed by atoms with Crippen molar-refractivity contribution in [2.45, 2.75) is 39.5 Å². The van der Waals surface area contributed by atoms with Crippen LogP contribution >= 0.6 is 15.9 Å². The summed E-state index contributed by atoms with van der Waals surface area (Å²) in [6, 6.07) is 56.4. The number of aromatic nitrogens is 6. The van der Waals surface area contributed by atoms with Gasteiger partial charge in [-0.05, 0) is 54.3 Å². The van der Waals surface area contributed by atoms with Crippen LogP contribution in [0.15, 0.2) is 174 Å². The Balaban J connectivity index is 0.000000158. The fourth-order valence-corrected chi connectivity index (χ4v) is 6.27. The minimum absolute atomic E-state index is 0.729. The number of benzene rings is 6. The molecule has 0 fully saturated rings. The van der Waals surface area contributed by atoms with Crippen molar-refractivity contribution < 1.29 is 4.70 Å². The fourth-order valence-electron chi connectivity index (χ4n) is 5.88. The van der Waals surface area contributed by atoms with Crippen molar-refractivity contribution in [3.05, 3.63) is 186 Å². The van der Waals surface area contributed by atoms with E-state index in [1.165, 1.54) is 11.1 Å². The van der Waals surface area contributed by atoms with Crippen molar-refractivity contribution in [1.29, 1.82) is 0 Å². The second-order valence-electron chi connectivity index (χ2n) is 12.7. The van der Waals surface area contributed by atoms with Gasteiger partial charge in [0.15, 0.2) is 11.6 Å². The Kier molecular flexibility index (Phi) is 14.0. The average molecular weight is 786 g/mol. The second-order valence-corrected chi connectivity index (χ2v) is 13.6. The van der Waals surface area contributed by atoms with E-state index in [0.717, 1.165) is 88.6 Å². The first-order valence-electron chi connectivity index (χ1n) is 18.5. The molecule has 0 bridgehead atoms. The number of halogens is 1. The molecule has 55 heavy (non-hydrogen) atoms. The summed E-state index contributed by atoms with van der Waals surface area (Å²) < 4.78 is 15.0. The fraction of sp³-hybridized carbons (Fsp3) is 0.130. The summed E-state index contributed by atoms with van der Waals surface area (Å²) in [4.78, 5) is 9.51. The molecule has 272 valence electrons. The van der Waals surface area contributed by atoms with Crippen LogP contribution in [-0.4, -0.2) is 36.7 Å². The van der Waals surface area contributed by atoms with Crippen molar-refractivity contribution >= 4 is 28.5 Å². The van der Waals surface area contributed by atoms with Gasteiger partial charge in [-0.3, -0.25) is 0 Å². The monoisotopic (exact) mass is 784 g/mol. The summed E-state index contributed by atoms with van der Waals surface area (Å²) in [6.07, 6.45) is 3.88. The molecule has 2 heterocycles. The van der Waals surface area contributed by atoms with Crippen LogP contribution in [0.5, 0.6) is 0 Å². The average Bonchev–Trinajstić information content (AvgIpc) is 3.88. The quantitative estimate of drug-likeness (QED) is 0.129. The molecular weight excluding hydrogens is 743 g/mol. The Morgan fingerprint density at radius 3 is 1.35 bits per heavy atom. The molecule has 8 aromatic rings. The standard InChI is InChI=1S/C23H21N3.C17H16BrN3.C6H5BO/c1-2-10-22-24-23(19-13-7-4-8-14-19)25-26(22)21-16-9-15-20(17-21)18-11-5-3-6-12-18;1-2-7-16-19-17(13-8-4-3-5-9-13)20-21(16)15-11-6-10-14(18)12-15;8-7-6-4-2-1-3-5-6/h3-9,11-17H,2,10H2,1H3;3-6,8-12H,2,7H2,1H3;1-5H. The van der Waals surface area contributed by atoms with Crippen LogP contribution in [0.2, 0.25) is 0 Å². The third kappa shape index (κ3) is 10.6. The molecule has 0 saturated heterocycles. The van der Waals surface area contributed by atoms with Crippen LogP contribution in [0.4, 0.5) is 0 Å². The number of hydrogen-bond donors (Lipinski definition) is 0. The molecule has 0 aliphatic carbocycles. The van der Waals surface area contributed by atoms with Gasteiger partial charge in [-0.25, -0.2) is 19.3 Å². The Hall–Kier alpha value is -6.06. The molecular formula is C46H42BBrN6O. The third-order valence-corrected chi connectivity index (χ3v) is 9.04. The minimum atomic E-state index is 0.729. The van der Waals surface area contributed by atoms with Gasteiger partial charge in [-0.2, -0.15) is 0 Å². The topological polar surface area (TPSA) is 78.5 Å². The molecule has 0 aliphatic heterocycles. The number of rotatable bonds is 10. The summed E-state index contributed by atoms with van der Waals surface area (Å²) in [5.41, 5.74) is 7.28. The van der Waals surface area contributed by atoms with Gasteiger partial charge in [-0.1, -0.05) is 139 Å². The molecule has 2 aromatic heterocycles. The van der Waals surface area contributed by atoms with E-state index in [4.69, 9.17) is 20.2 Å². The summed E-state index contributed by atoms with van der Waals surface area (Å²) in [5, 5.41) is 9.50. The van der Waals surface area contributed by atoms with Crippen molar-refractivity contribution in [2.24, 2.45) is 0 Å². The first-order valence-corrected chi connectivity index (χ1v) is 19.3. The van der Waals surface area contributed by atoms with E-state index in [1.54, 1.807) is 12.1 Å². The zero-order valence-electron chi connectivity index (χ0n) is 31.0. The van der Waals surface area contributed by atoms with Crippen LogP contribution in [0.1, 0.15) is 38.3 Å². The van der Waals surface area contributed by atoms with E-state index in [2.05, 4.69) is 96.5 Å². The number of nitrogens with zero attached hydrogens (tertiary/aromatic N) is 6. The number of hydrogen-bond acceptors (Lipinski definition) is 5. The van der Waals surface area contributed by atoms with Gasteiger partial charge < -0.3 is 0 Å². The van der Waals surface area contributed by atoms with Crippen molar-refractivity contribution in [3.8, 4) is 45.3 Å². The molecule has 9 heteroatoms. The molecule has 0 N–H and O–H groups in total. The van der Waals surface area contributed by atoms with Gasteiger partial charge in [0.1, 0.15) is 11.6 Å². The summed E-state index contributed by atoms with van der Waals surface area (Å²) in [7, 11) is 0.833. The van der Waals surface area contributed by atoms with Crippen LogP contribution in [0.3, 0.4) is 0 Å². The van der Waals surface area contributed by atoms with Crippen molar-refractivity contribution in [3.63, 3.8) is 0 Å². The zero-order chi connectivity index (χ0) is 38.2. The molecule has 6 aromatic carbocycles. The van der Waals surface area contributed by atoms with E-state index in [1.807, 2.05) is 100 Å². The van der Waals surface area contributed by atoms with Crippen LogP contribution in [0, 0.1) is 0 Å². The Morgan fingerprint density at radius 2 is 0.909 bits per heavy atom. The van der Waals surface area contributed by atoms with Crippen LogP contribution in [-0.2, 0) is 17.5 Å². The normalized spacial score (nSPS) is 10.4. The third-order valence-electron chi connectivity index (χ3n) is 8.55. The summed E-state index contributed by atoms with van der Waals surface area (Å²) >= 11 is 3.51. The Morgan fingerprint density at radius 1 is 0.491 bits per heavy atom. The maximum atomic E-state index is 10.0. The van der Waals surface area contributed by atoms with Crippen molar-refractivity contribution in [2.75, 3.05) is 0 Å². The van der Waals surface area contributed by atoms with Crippen molar-refractivity contribution in [1.82, 2.24) is 29.5 Å². The Labute approximate surface area is 332 Å². The Bertz CT molecular complexity index is 2380. The van der Waals surface area contributed by atoms with Gasteiger partial charge >= 0.3 is 47.6 Å². The first-order chi connectivity index (χ1) is 27.1. The van der Waals surface area contributed by atoms with Gasteiger partial charge in [0.2, 0.25) is 0 Å². The van der Waals surface area contributed by atoms with E-state index < -0.39 is 0 Å². The molecule has 0 amide bonds. The van der Waals surface area contributed by atoms with Gasteiger partial charge in [0.05, 0.1) is 11.4 Å². The molecule has 0 saturated carbocycles. The van der Waals surface area contributed by atoms with E-state index in [0.29, 0.717) is 0 Å². The summed E-state index contributed by atoms with van der Waals surface area (Å²) in [5.74, 6) is 3.55. The van der Waals surface area contributed by atoms with E-state index in [-0.39, 0.29) is 0 Å². The summed E-state index contributed by atoms with van der Waals surface area (Å²) in [6.45, 7) is 4.32. The number of aryl methyl sites for hydroxylation is 2. The predicted octanol–water partition coefficient (Wildman–Crippen LogP) is 10.6. The molecule has 0 aliphatic rings. The van der Waals surface area contributed by atoms with Gasteiger partial charge in [0.25, 0.3) is 0 Å². The molecule has 7 nitrogen and oxygen atoms in total. The maximum absolute atomic E-state index is 10.0. The SMILES string of the molecule is CCCc1nc(-c2ccccc2)nn1-c1cccc(-c2ccccc2)c1.CCCc1nc(-c2ccccc2)nn1-c1cccc(Br)c1.O=Bc1ccccc1. The van der Waals surface area contributed by atoms with Crippen LogP contribution in [0.25, 0.3) is 45.3 Å². The molecule has 0 spiro atoms. The van der Waals surface area contributed by atoms with Gasteiger partial charge in [0, 0.05) is 28.4 Å². The van der Waals surface area contributed by atoms with E-state index >= 15 is 0 Å². The van der Waals surface area contributed by atoms with Gasteiger partial charge in [-0.15, -0.1) is 10.2 Å². The zero-order valence-corrected chi connectivity index (χ0v) is 32.6. The van der Waals surface area contributed by atoms with E-state index in [9.17, 15) is 4.70 Å². The first kappa shape index (κ1) is 38.7. The van der Waals surface area contributed by atoms with Crippen LogP contribution < -0.4 is 5.46 Å². The molecule has 8 rings (SSSR count).